The first-order chi connectivity index (χ1) is 6.26. The lowest BCUT2D eigenvalue weighted by Crippen LogP contribution is -2.45. The van der Waals surface area contributed by atoms with Gasteiger partial charge in [0, 0.05) is 24.9 Å². The van der Waals surface area contributed by atoms with Crippen molar-refractivity contribution in [3.8, 4) is 0 Å². The summed E-state index contributed by atoms with van der Waals surface area (Å²) in [5.41, 5.74) is 0. The van der Waals surface area contributed by atoms with Crippen LogP contribution in [0.15, 0.2) is 0 Å². The predicted octanol–water partition coefficient (Wildman–Crippen LogP) is 2.28. The molecule has 1 saturated heterocycles. The van der Waals surface area contributed by atoms with Crippen LogP contribution < -0.4 is 5.32 Å². The maximum Gasteiger partial charge on any atom is 0.136 e. The molecule has 1 N–H and O–H groups in total. The maximum atomic E-state index is 11.4. The molecule has 1 rings (SSSR count). The highest BCUT2D eigenvalue weighted by Crippen LogP contribution is 2.16. The zero-order valence-corrected chi connectivity index (χ0v) is 8.81. The van der Waals surface area contributed by atoms with E-state index in [4.69, 9.17) is 0 Å². The van der Waals surface area contributed by atoms with Crippen LogP contribution in [0.5, 0.6) is 0 Å². The third-order valence-corrected chi connectivity index (χ3v) is 2.69. The minimum atomic E-state index is 0.454. The Bertz CT molecular complexity index is 151. The molecule has 2 nitrogen and oxygen atoms in total. The lowest BCUT2D eigenvalue weighted by Gasteiger charge is -2.29. The van der Waals surface area contributed by atoms with Crippen LogP contribution in [0.1, 0.15) is 52.4 Å². The van der Waals surface area contributed by atoms with E-state index in [2.05, 4.69) is 19.2 Å². The molecular weight excluding hydrogens is 162 g/mol. The summed E-state index contributed by atoms with van der Waals surface area (Å²) in [6, 6.07) is 0.922. The van der Waals surface area contributed by atoms with Crippen LogP contribution in [0.3, 0.4) is 0 Å². The molecular formula is C11H21NO. The second-order valence-corrected chi connectivity index (χ2v) is 4.08. The predicted molar refractivity (Wildman–Crippen MR) is 54.8 cm³/mol. The Hall–Kier alpha value is -0.370. The van der Waals surface area contributed by atoms with E-state index < -0.39 is 0 Å². The summed E-state index contributed by atoms with van der Waals surface area (Å²) in [5, 5.41) is 3.56. The summed E-state index contributed by atoms with van der Waals surface area (Å²) in [5.74, 6) is 0.454. The zero-order valence-electron chi connectivity index (χ0n) is 8.81. The molecule has 0 radical (unpaired) electrons. The van der Waals surface area contributed by atoms with Crippen LogP contribution >= 0.6 is 0 Å². The third-order valence-electron chi connectivity index (χ3n) is 2.69. The quantitative estimate of drug-likeness (QED) is 0.724. The molecule has 0 saturated carbocycles. The van der Waals surface area contributed by atoms with Crippen molar-refractivity contribution < 1.29 is 4.79 Å². The monoisotopic (exact) mass is 183 g/mol. The van der Waals surface area contributed by atoms with Crippen LogP contribution in [-0.4, -0.2) is 17.9 Å². The lowest BCUT2D eigenvalue weighted by atomic mass is 9.92. The number of carbonyl (C=O) groups excluding carboxylic acids is 1. The molecule has 0 amide bonds. The van der Waals surface area contributed by atoms with Gasteiger partial charge in [0.25, 0.3) is 0 Å². The highest BCUT2D eigenvalue weighted by atomic mass is 16.1. The first-order valence-corrected chi connectivity index (χ1v) is 5.54. The van der Waals surface area contributed by atoms with Crippen molar-refractivity contribution in [3.05, 3.63) is 0 Å². The summed E-state index contributed by atoms with van der Waals surface area (Å²) in [7, 11) is 0. The summed E-state index contributed by atoms with van der Waals surface area (Å²) in [6.07, 6.45) is 6.15. The Morgan fingerprint density at radius 1 is 1.15 bits per heavy atom. The molecule has 76 valence electrons. The fourth-order valence-corrected chi connectivity index (χ4v) is 2.15. The Labute approximate surface area is 81.1 Å². The van der Waals surface area contributed by atoms with E-state index in [1.807, 2.05) is 0 Å². The fraction of sp³-hybridized carbons (Fsp3) is 0.909. The maximum absolute atomic E-state index is 11.4. The van der Waals surface area contributed by atoms with Crippen LogP contribution in [0.25, 0.3) is 0 Å². The number of piperidine rings is 1. The van der Waals surface area contributed by atoms with Gasteiger partial charge in [0.2, 0.25) is 0 Å². The molecule has 0 aromatic rings. The standard InChI is InChI=1S/C11H21NO/c1-3-5-9-7-11(13)8-10(12-9)6-4-2/h9-10,12H,3-8H2,1-2H3/t9-,10+. The Balaban J connectivity index is 2.37. The van der Waals surface area contributed by atoms with Crippen molar-refractivity contribution in [2.24, 2.45) is 0 Å². The van der Waals surface area contributed by atoms with Gasteiger partial charge in [-0.05, 0) is 12.8 Å². The molecule has 2 atom stereocenters. The molecule has 0 aromatic carbocycles. The highest BCUT2D eigenvalue weighted by molar-refractivity contribution is 5.80. The zero-order chi connectivity index (χ0) is 9.68. The number of carbonyl (C=O) groups is 1. The molecule has 1 fully saturated rings. The Kier molecular flexibility index (Phi) is 4.43. The molecule has 1 aliphatic rings. The van der Waals surface area contributed by atoms with Gasteiger partial charge in [-0.1, -0.05) is 26.7 Å². The number of rotatable bonds is 4. The molecule has 1 heterocycles. The summed E-state index contributed by atoms with van der Waals surface area (Å²) < 4.78 is 0. The molecule has 2 heteroatoms. The molecule has 13 heavy (non-hydrogen) atoms. The number of hydrogen-bond donors (Lipinski definition) is 1. The molecule has 0 bridgehead atoms. The van der Waals surface area contributed by atoms with E-state index in [1.165, 1.54) is 12.8 Å². The first-order valence-electron chi connectivity index (χ1n) is 5.54. The number of hydrogen-bond acceptors (Lipinski definition) is 2. The summed E-state index contributed by atoms with van der Waals surface area (Å²) in [6.45, 7) is 4.35. The summed E-state index contributed by atoms with van der Waals surface area (Å²) in [4.78, 5) is 11.4. The number of ketones is 1. The van der Waals surface area contributed by atoms with Crippen LogP contribution in [-0.2, 0) is 4.79 Å². The molecule has 0 spiro atoms. The van der Waals surface area contributed by atoms with Crippen molar-refractivity contribution in [1.29, 1.82) is 0 Å². The van der Waals surface area contributed by atoms with Gasteiger partial charge in [-0.25, -0.2) is 0 Å². The van der Waals surface area contributed by atoms with Gasteiger partial charge >= 0.3 is 0 Å². The minimum Gasteiger partial charge on any atom is -0.310 e. The van der Waals surface area contributed by atoms with E-state index >= 15 is 0 Å². The molecule has 0 aliphatic carbocycles. The lowest BCUT2D eigenvalue weighted by molar-refractivity contribution is -0.121. The van der Waals surface area contributed by atoms with Crippen LogP contribution in [0.4, 0.5) is 0 Å². The average molecular weight is 183 g/mol. The SMILES string of the molecule is CCC[C@@H]1CC(=O)C[C@H](CCC)N1. The van der Waals surface area contributed by atoms with Crippen molar-refractivity contribution in [2.75, 3.05) is 0 Å². The van der Waals surface area contributed by atoms with E-state index in [1.54, 1.807) is 0 Å². The van der Waals surface area contributed by atoms with Gasteiger partial charge in [0.05, 0.1) is 0 Å². The van der Waals surface area contributed by atoms with Crippen molar-refractivity contribution in [2.45, 2.75) is 64.5 Å². The van der Waals surface area contributed by atoms with Gasteiger partial charge < -0.3 is 5.32 Å². The van der Waals surface area contributed by atoms with Gasteiger partial charge in [0.15, 0.2) is 0 Å². The Morgan fingerprint density at radius 3 is 2.00 bits per heavy atom. The molecule has 1 aliphatic heterocycles. The largest absolute Gasteiger partial charge is 0.310 e. The second kappa shape index (κ2) is 5.38. The normalized spacial score (nSPS) is 29.2. The van der Waals surface area contributed by atoms with Crippen molar-refractivity contribution in [3.63, 3.8) is 0 Å². The molecule has 0 unspecified atom stereocenters. The van der Waals surface area contributed by atoms with E-state index in [0.717, 1.165) is 25.7 Å². The van der Waals surface area contributed by atoms with Crippen LogP contribution in [0.2, 0.25) is 0 Å². The van der Waals surface area contributed by atoms with Crippen molar-refractivity contribution in [1.82, 2.24) is 5.32 Å². The van der Waals surface area contributed by atoms with E-state index in [-0.39, 0.29) is 0 Å². The van der Waals surface area contributed by atoms with E-state index in [0.29, 0.717) is 17.9 Å². The van der Waals surface area contributed by atoms with Gasteiger partial charge in [0.1, 0.15) is 5.78 Å². The number of Topliss-reactive ketones (excluding diaryl/α,β-unsaturated/α-hetero) is 1. The van der Waals surface area contributed by atoms with Gasteiger partial charge in [-0.3, -0.25) is 4.79 Å². The minimum absolute atomic E-state index is 0.454. The summed E-state index contributed by atoms with van der Waals surface area (Å²) >= 11 is 0. The van der Waals surface area contributed by atoms with Crippen LogP contribution in [0, 0.1) is 0 Å². The highest BCUT2D eigenvalue weighted by Gasteiger charge is 2.24. The van der Waals surface area contributed by atoms with E-state index in [9.17, 15) is 4.79 Å². The fourth-order valence-electron chi connectivity index (χ4n) is 2.15. The van der Waals surface area contributed by atoms with Crippen molar-refractivity contribution >= 4 is 5.78 Å². The smallest absolute Gasteiger partial charge is 0.136 e. The third kappa shape index (κ3) is 3.47. The first kappa shape index (κ1) is 10.7. The topological polar surface area (TPSA) is 29.1 Å². The number of nitrogens with one attached hydrogen (secondary N) is 1. The second-order valence-electron chi connectivity index (χ2n) is 4.08. The Morgan fingerprint density at radius 2 is 1.62 bits per heavy atom. The van der Waals surface area contributed by atoms with Gasteiger partial charge in [-0.2, -0.15) is 0 Å². The average Bonchev–Trinajstić information content (AvgIpc) is 2.04. The molecule has 0 aromatic heterocycles. The van der Waals surface area contributed by atoms with Gasteiger partial charge in [-0.15, -0.1) is 0 Å².